The third-order valence-corrected chi connectivity index (χ3v) is 4.44. The number of H-pyrrole nitrogens is 1. The van der Waals surface area contributed by atoms with Crippen molar-refractivity contribution >= 4 is 11.8 Å². The molecule has 0 bridgehead atoms. The second-order valence-electron chi connectivity index (χ2n) is 6.69. The smallest absolute Gasteiger partial charge is 0.272 e. The Kier molecular flexibility index (Phi) is 5.50. The molecule has 2 N–H and O–H groups in total. The minimum Gasteiger partial charge on any atom is -0.349 e. The number of fused-ring (bicyclic) bond motifs is 1. The van der Waals surface area contributed by atoms with Gasteiger partial charge in [-0.1, -0.05) is 0 Å². The van der Waals surface area contributed by atoms with E-state index in [1.54, 1.807) is 0 Å². The number of rotatable bonds is 5. The van der Waals surface area contributed by atoms with Gasteiger partial charge in [0.25, 0.3) is 11.8 Å². The van der Waals surface area contributed by atoms with Crippen molar-refractivity contribution < 1.29 is 18.4 Å². The van der Waals surface area contributed by atoms with Crippen molar-refractivity contribution in [1.29, 1.82) is 0 Å². The molecule has 0 fully saturated rings. The summed E-state index contributed by atoms with van der Waals surface area (Å²) in [6.45, 7) is 1.58. The number of carbonyl (C=O) groups is 2. The number of benzene rings is 1. The predicted molar refractivity (Wildman–Crippen MR) is 94.3 cm³/mol. The highest BCUT2D eigenvalue weighted by Gasteiger charge is 2.29. The van der Waals surface area contributed by atoms with Crippen LogP contribution in [-0.4, -0.2) is 65.5 Å². The Hall–Kier alpha value is -2.81. The summed E-state index contributed by atoms with van der Waals surface area (Å²) in [6.07, 6.45) is 0.454. The van der Waals surface area contributed by atoms with Crippen molar-refractivity contribution in [2.24, 2.45) is 0 Å². The molecule has 0 saturated carbocycles. The summed E-state index contributed by atoms with van der Waals surface area (Å²) in [6, 6.07) is 2.78. The first-order chi connectivity index (χ1) is 12.9. The first kappa shape index (κ1) is 19.0. The van der Waals surface area contributed by atoms with Gasteiger partial charge in [-0.25, -0.2) is 8.78 Å². The van der Waals surface area contributed by atoms with E-state index >= 15 is 0 Å². The van der Waals surface area contributed by atoms with E-state index in [4.69, 9.17) is 0 Å². The number of hydrogen-bond acceptors (Lipinski definition) is 4. The van der Waals surface area contributed by atoms with Gasteiger partial charge in [0.1, 0.15) is 11.6 Å². The molecule has 1 aliphatic rings. The molecule has 2 aromatic rings. The van der Waals surface area contributed by atoms with Gasteiger partial charge in [0.2, 0.25) is 0 Å². The SMILES string of the molecule is CN(C)CCNC(=O)c1n[nH]c2c1CN(C(=O)c1cc(F)ccc1F)CC2. The van der Waals surface area contributed by atoms with Gasteiger partial charge in [0, 0.05) is 37.3 Å². The quantitative estimate of drug-likeness (QED) is 0.820. The van der Waals surface area contributed by atoms with Gasteiger partial charge >= 0.3 is 0 Å². The fraction of sp³-hybridized carbons (Fsp3) is 0.389. The minimum atomic E-state index is -0.777. The predicted octanol–water partition coefficient (Wildman–Crippen LogP) is 1.18. The second-order valence-corrected chi connectivity index (χ2v) is 6.69. The highest BCUT2D eigenvalue weighted by molar-refractivity contribution is 5.96. The van der Waals surface area contributed by atoms with Crippen LogP contribution in [0.3, 0.4) is 0 Å². The highest BCUT2D eigenvalue weighted by Crippen LogP contribution is 2.23. The van der Waals surface area contributed by atoms with E-state index in [0.717, 1.165) is 23.9 Å². The van der Waals surface area contributed by atoms with Crippen LogP contribution < -0.4 is 5.32 Å². The zero-order valence-electron chi connectivity index (χ0n) is 15.2. The number of nitrogens with zero attached hydrogens (tertiary/aromatic N) is 3. The van der Waals surface area contributed by atoms with Crippen molar-refractivity contribution in [3.05, 3.63) is 52.3 Å². The van der Waals surface area contributed by atoms with Crippen molar-refractivity contribution in [3.8, 4) is 0 Å². The molecule has 0 radical (unpaired) electrons. The van der Waals surface area contributed by atoms with Crippen LogP contribution >= 0.6 is 0 Å². The van der Waals surface area contributed by atoms with Crippen LogP contribution in [0.1, 0.15) is 32.1 Å². The van der Waals surface area contributed by atoms with E-state index < -0.39 is 17.5 Å². The van der Waals surface area contributed by atoms with E-state index in [9.17, 15) is 18.4 Å². The van der Waals surface area contributed by atoms with E-state index in [-0.39, 0.29) is 23.7 Å². The van der Waals surface area contributed by atoms with Crippen molar-refractivity contribution in [3.63, 3.8) is 0 Å². The number of carbonyl (C=O) groups excluding carboxylic acids is 2. The molecule has 0 atom stereocenters. The maximum absolute atomic E-state index is 13.9. The molecule has 0 saturated heterocycles. The van der Waals surface area contributed by atoms with Crippen molar-refractivity contribution in [1.82, 2.24) is 25.3 Å². The summed E-state index contributed by atoms with van der Waals surface area (Å²) in [5.41, 5.74) is 1.28. The minimum absolute atomic E-state index is 0.108. The third-order valence-electron chi connectivity index (χ3n) is 4.44. The molecule has 2 heterocycles. The Bertz CT molecular complexity index is 865. The van der Waals surface area contributed by atoms with E-state index in [2.05, 4.69) is 15.5 Å². The maximum atomic E-state index is 13.9. The number of amides is 2. The molecule has 3 rings (SSSR count). The molecule has 144 valence electrons. The largest absolute Gasteiger partial charge is 0.349 e. The lowest BCUT2D eigenvalue weighted by Gasteiger charge is -2.27. The Morgan fingerprint density at radius 3 is 2.85 bits per heavy atom. The van der Waals surface area contributed by atoms with E-state index in [0.29, 0.717) is 31.6 Å². The van der Waals surface area contributed by atoms with Crippen LogP contribution in [0, 0.1) is 11.6 Å². The average Bonchev–Trinajstić information content (AvgIpc) is 3.06. The lowest BCUT2D eigenvalue weighted by atomic mass is 10.0. The van der Waals surface area contributed by atoms with Gasteiger partial charge in [-0.2, -0.15) is 5.10 Å². The van der Waals surface area contributed by atoms with E-state index in [1.165, 1.54) is 4.90 Å². The van der Waals surface area contributed by atoms with Crippen molar-refractivity contribution in [2.75, 3.05) is 33.7 Å². The lowest BCUT2D eigenvalue weighted by molar-refractivity contribution is 0.0726. The Balaban J connectivity index is 1.75. The van der Waals surface area contributed by atoms with Crippen LogP contribution in [0.25, 0.3) is 0 Å². The Labute approximate surface area is 155 Å². The summed E-state index contributed by atoms with van der Waals surface area (Å²) < 4.78 is 27.3. The highest BCUT2D eigenvalue weighted by atomic mass is 19.1. The summed E-state index contributed by atoms with van der Waals surface area (Å²) in [7, 11) is 3.80. The third kappa shape index (κ3) is 4.13. The molecule has 1 aromatic heterocycles. The molecular weight excluding hydrogens is 356 g/mol. The molecule has 7 nitrogen and oxygen atoms in total. The number of hydrogen-bond donors (Lipinski definition) is 2. The molecule has 1 aliphatic heterocycles. The molecule has 2 amide bonds. The topological polar surface area (TPSA) is 81.3 Å². The zero-order chi connectivity index (χ0) is 19.6. The maximum Gasteiger partial charge on any atom is 0.272 e. The fourth-order valence-corrected chi connectivity index (χ4v) is 2.96. The zero-order valence-corrected chi connectivity index (χ0v) is 15.2. The summed E-state index contributed by atoms with van der Waals surface area (Å²) in [4.78, 5) is 28.3. The van der Waals surface area contributed by atoms with Crippen LogP contribution in [0.2, 0.25) is 0 Å². The number of nitrogens with one attached hydrogen (secondary N) is 2. The average molecular weight is 377 g/mol. The number of halogens is 2. The first-order valence-corrected chi connectivity index (χ1v) is 8.60. The Morgan fingerprint density at radius 1 is 1.33 bits per heavy atom. The van der Waals surface area contributed by atoms with Crippen LogP contribution in [0.4, 0.5) is 8.78 Å². The second kappa shape index (κ2) is 7.83. The molecule has 1 aromatic carbocycles. The molecule has 0 unspecified atom stereocenters. The number of likely N-dealkylation sites (N-methyl/N-ethyl adjacent to an activating group) is 1. The molecule has 0 spiro atoms. The lowest BCUT2D eigenvalue weighted by Crippen LogP contribution is -2.37. The van der Waals surface area contributed by atoms with Gasteiger partial charge < -0.3 is 15.1 Å². The van der Waals surface area contributed by atoms with Crippen LogP contribution in [0.15, 0.2) is 18.2 Å². The van der Waals surface area contributed by atoms with Crippen LogP contribution in [0.5, 0.6) is 0 Å². The summed E-state index contributed by atoms with van der Waals surface area (Å²) in [5, 5.41) is 9.69. The van der Waals surface area contributed by atoms with Crippen LogP contribution in [-0.2, 0) is 13.0 Å². The summed E-state index contributed by atoms with van der Waals surface area (Å²) in [5.74, 6) is -2.40. The summed E-state index contributed by atoms with van der Waals surface area (Å²) >= 11 is 0. The van der Waals surface area contributed by atoms with E-state index in [1.807, 2.05) is 19.0 Å². The first-order valence-electron chi connectivity index (χ1n) is 8.60. The molecular formula is C18H21F2N5O2. The van der Waals surface area contributed by atoms with Crippen molar-refractivity contribution in [2.45, 2.75) is 13.0 Å². The van der Waals surface area contributed by atoms with Gasteiger partial charge in [-0.05, 0) is 32.3 Å². The Morgan fingerprint density at radius 2 is 2.11 bits per heavy atom. The molecule has 27 heavy (non-hydrogen) atoms. The van der Waals surface area contributed by atoms with Gasteiger partial charge in [-0.3, -0.25) is 14.7 Å². The van der Waals surface area contributed by atoms with Gasteiger partial charge in [0.15, 0.2) is 5.69 Å². The number of aromatic amines is 1. The fourth-order valence-electron chi connectivity index (χ4n) is 2.96. The standard InChI is InChI=1S/C18H21F2N5O2/c1-24(2)8-6-21-17(26)16-13-10-25(7-5-15(13)22-23-16)18(27)12-9-11(19)3-4-14(12)20/h3-4,9H,5-8,10H2,1-2H3,(H,21,26)(H,22,23). The van der Waals surface area contributed by atoms with Gasteiger partial charge in [-0.15, -0.1) is 0 Å². The number of aromatic nitrogens is 2. The molecule has 0 aliphatic carbocycles. The monoisotopic (exact) mass is 377 g/mol. The van der Waals surface area contributed by atoms with Gasteiger partial charge in [0.05, 0.1) is 12.1 Å². The molecule has 9 heteroatoms. The normalized spacial score (nSPS) is 13.6.